The summed E-state index contributed by atoms with van der Waals surface area (Å²) in [5.41, 5.74) is -5.77. The first-order valence-corrected chi connectivity index (χ1v) is 8.82. The molecule has 7 nitrogen and oxygen atoms in total. The van der Waals surface area contributed by atoms with Gasteiger partial charge in [0.2, 0.25) is 0 Å². The van der Waals surface area contributed by atoms with E-state index in [1.807, 2.05) is 4.13 Å². The van der Waals surface area contributed by atoms with Gasteiger partial charge in [-0.2, -0.15) is 13.2 Å². The maximum absolute atomic E-state index is 12.0. The predicted octanol–water partition coefficient (Wildman–Crippen LogP) is -1.48. The van der Waals surface area contributed by atoms with Crippen molar-refractivity contribution in [1.82, 2.24) is 0 Å². The largest absolute Gasteiger partial charge is 1.00 e. The number of sulfonamides is 2. The number of esters is 1. The van der Waals surface area contributed by atoms with E-state index >= 15 is 0 Å². The summed E-state index contributed by atoms with van der Waals surface area (Å²) in [6, 6.07) is 0. The van der Waals surface area contributed by atoms with Crippen LogP contribution in [0.4, 0.5) is 13.2 Å². The summed E-state index contributed by atoms with van der Waals surface area (Å²) in [4.78, 5) is 11.2. The number of carbonyl (C=O) groups excluding carboxylic acids is 1. The summed E-state index contributed by atoms with van der Waals surface area (Å²) in [5, 5.41) is 0. The van der Waals surface area contributed by atoms with Gasteiger partial charge < -0.3 is 8.86 Å². The van der Waals surface area contributed by atoms with Gasteiger partial charge in [0, 0.05) is 5.75 Å². The van der Waals surface area contributed by atoms with Gasteiger partial charge in [-0.1, -0.05) is 13.8 Å². The Morgan fingerprint density at radius 3 is 2.14 bits per heavy atom. The average Bonchev–Trinajstić information content (AvgIpc) is 2.30. The van der Waals surface area contributed by atoms with Crippen molar-refractivity contribution in [3.8, 4) is 0 Å². The van der Waals surface area contributed by atoms with E-state index in [-0.39, 0.29) is 31.9 Å². The standard InChI is InChI=1S/C9H15F3NO6S2.Li/c1-3-7(2)8(14)19-5-4-6-20(15,16)13-21(17,18)9(10,11)12;/h7H,3-6H2,1-2H3;/q-1;+1. The predicted molar refractivity (Wildman–Crippen MR) is 67.2 cm³/mol. The van der Waals surface area contributed by atoms with Gasteiger partial charge in [-0.05, 0) is 12.8 Å². The number of alkyl halides is 3. The summed E-state index contributed by atoms with van der Waals surface area (Å²) in [5.74, 6) is -1.94. The smallest absolute Gasteiger partial charge is 0.465 e. The summed E-state index contributed by atoms with van der Waals surface area (Å²) in [6.07, 6.45) is 0.150. The zero-order valence-electron chi connectivity index (χ0n) is 12.3. The van der Waals surface area contributed by atoms with Crippen LogP contribution in [-0.2, 0) is 29.6 Å². The third kappa shape index (κ3) is 8.38. The molecule has 0 aromatic heterocycles. The fraction of sp³-hybridized carbons (Fsp3) is 0.889. The molecule has 13 heteroatoms. The molecule has 0 aliphatic rings. The zero-order valence-corrected chi connectivity index (χ0v) is 13.9. The van der Waals surface area contributed by atoms with E-state index in [1.165, 1.54) is 0 Å². The van der Waals surface area contributed by atoms with Crippen LogP contribution < -0.4 is 18.9 Å². The van der Waals surface area contributed by atoms with Crippen LogP contribution in [0, 0.1) is 5.92 Å². The Balaban J connectivity index is 0. The summed E-state index contributed by atoms with van der Waals surface area (Å²) in [6.45, 7) is 2.96. The molecule has 0 radical (unpaired) electrons. The third-order valence-corrected chi connectivity index (χ3v) is 5.39. The second kappa shape index (κ2) is 9.12. The van der Waals surface area contributed by atoms with E-state index < -0.39 is 43.2 Å². The molecule has 1 unspecified atom stereocenters. The van der Waals surface area contributed by atoms with E-state index in [1.54, 1.807) is 13.8 Å². The normalized spacial score (nSPS) is 14.0. The van der Waals surface area contributed by atoms with Crippen LogP contribution in [-0.4, -0.2) is 40.7 Å². The van der Waals surface area contributed by atoms with Gasteiger partial charge >= 0.3 is 30.3 Å². The fourth-order valence-electron chi connectivity index (χ4n) is 0.952. The Labute approximate surface area is 139 Å². The molecule has 0 spiro atoms. The molecule has 0 aromatic rings. The molecule has 126 valence electrons. The Morgan fingerprint density at radius 1 is 1.23 bits per heavy atom. The first-order chi connectivity index (χ1) is 9.32. The van der Waals surface area contributed by atoms with E-state index in [0.29, 0.717) is 6.42 Å². The van der Waals surface area contributed by atoms with Crippen molar-refractivity contribution in [2.24, 2.45) is 5.92 Å². The fourth-order valence-corrected chi connectivity index (χ4v) is 3.27. The van der Waals surface area contributed by atoms with E-state index in [2.05, 4.69) is 4.74 Å². The maximum Gasteiger partial charge on any atom is 1.00 e. The van der Waals surface area contributed by atoms with Crippen molar-refractivity contribution in [3.63, 3.8) is 0 Å². The SMILES string of the molecule is CCC(C)C(=O)OCCCS(=O)(=O)[N-]S(=O)(=O)C(F)(F)F.[Li+]. The van der Waals surface area contributed by atoms with Crippen LogP contribution in [0.15, 0.2) is 0 Å². The van der Waals surface area contributed by atoms with E-state index in [9.17, 15) is 34.8 Å². The minimum atomic E-state index is -6.10. The average molecular weight is 361 g/mol. The maximum atomic E-state index is 12.0. The molecule has 0 N–H and O–H groups in total. The van der Waals surface area contributed by atoms with Gasteiger partial charge in [0.1, 0.15) is 0 Å². The molecule has 0 aromatic carbocycles. The molecule has 0 fully saturated rings. The van der Waals surface area contributed by atoms with Crippen molar-refractivity contribution in [3.05, 3.63) is 4.13 Å². The van der Waals surface area contributed by atoms with Crippen LogP contribution in [0.25, 0.3) is 4.13 Å². The summed E-state index contributed by atoms with van der Waals surface area (Å²) in [7, 11) is -10.9. The van der Waals surface area contributed by atoms with Crippen molar-refractivity contribution >= 4 is 26.0 Å². The number of hydrogen-bond acceptors (Lipinski definition) is 6. The Kier molecular flexibility index (Phi) is 9.94. The number of halogens is 3. The van der Waals surface area contributed by atoms with Gasteiger partial charge in [0.25, 0.3) is 0 Å². The summed E-state index contributed by atoms with van der Waals surface area (Å²) < 4.78 is 85.9. The number of hydrogen-bond donors (Lipinski definition) is 0. The Hall–Kier alpha value is -0.283. The van der Waals surface area contributed by atoms with Crippen molar-refractivity contribution in [2.45, 2.75) is 32.2 Å². The molecule has 0 saturated heterocycles. The number of ether oxygens (including phenoxy) is 1. The zero-order chi connectivity index (χ0) is 16.9. The van der Waals surface area contributed by atoms with Gasteiger partial charge in [-0.25, -0.2) is 16.8 Å². The van der Waals surface area contributed by atoms with E-state index in [4.69, 9.17) is 0 Å². The summed E-state index contributed by atoms with van der Waals surface area (Å²) >= 11 is 0. The van der Waals surface area contributed by atoms with Crippen LogP contribution in [0.5, 0.6) is 0 Å². The minimum absolute atomic E-state index is 0. The molecule has 0 rings (SSSR count). The van der Waals surface area contributed by atoms with Crippen LogP contribution >= 0.6 is 0 Å². The number of rotatable bonds is 8. The molecule has 22 heavy (non-hydrogen) atoms. The second-order valence-corrected chi connectivity index (χ2v) is 7.69. The Bertz CT molecular complexity index is 560. The van der Waals surface area contributed by atoms with Crippen molar-refractivity contribution in [2.75, 3.05) is 12.4 Å². The molecule has 0 heterocycles. The Morgan fingerprint density at radius 2 is 1.73 bits per heavy atom. The first kappa shape index (κ1) is 24.0. The van der Waals surface area contributed by atoms with Crippen molar-refractivity contribution < 1.29 is 58.4 Å². The van der Waals surface area contributed by atoms with Gasteiger partial charge in [-0.3, -0.25) is 4.79 Å². The molecular formula is C9H15F3LiNO6S2. The molecule has 0 aliphatic heterocycles. The van der Waals surface area contributed by atoms with Crippen molar-refractivity contribution in [1.29, 1.82) is 0 Å². The molecule has 1 atom stereocenters. The number of carbonyl (C=O) groups is 1. The number of nitrogens with zero attached hydrogens (tertiary/aromatic N) is 1. The van der Waals surface area contributed by atoms with Crippen LogP contribution in [0.2, 0.25) is 0 Å². The molecular weight excluding hydrogens is 346 g/mol. The first-order valence-electron chi connectivity index (χ1n) is 5.77. The molecule has 0 aliphatic carbocycles. The molecule has 0 bridgehead atoms. The monoisotopic (exact) mass is 361 g/mol. The van der Waals surface area contributed by atoms with Gasteiger partial charge in [0.15, 0.2) is 10.0 Å². The van der Waals surface area contributed by atoms with E-state index in [0.717, 1.165) is 0 Å². The second-order valence-electron chi connectivity index (χ2n) is 4.11. The van der Waals surface area contributed by atoms with Gasteiger partial charge in [-0.15, -0.1) is 0 Å². The molecule has 0 amide bonds. The topological polar surface area (TPSA) is 109 Å². The van der Waals surface area contributed by atoms with Gasteiger partial charge in [0.05, 0.1) is 22.5 Å². The van der Waals surface area contributed by atoms with Crippen LogP contribution in [0.1, 0.15) is 26.7 Å². The quantitative estimate of drug-likeness (QED) is 0.296. The third-order valence-electron chi connectivity index (χ3n) is 2.31. The van der Waals surface area contributed by atoms with Crippen LogP contribution in [0.3, 0.4) is 0 Å². The minimum Gasteiger partial charge on any atom is -0.465 e. The molecule has 0 saturated carbocycles.